The fourth-order valence-electron chi connectivity index (χ4n) is 4.05. The third-order valence-electron chi connectivity index (χ3n) is 5.88. The van der Waals surface area contributed by atoms with Gasteiger partial charge in [-0.3, -0.25) is 4.79 Å². The van der Waals surface area contributed by atoms with Crippen LogP contribution in [-0.2, 0) is 14.3 Å². The van der Waals surface area contributed by atoms with Gasteiger partial charge in [0.05, 0.1) is 30.8 Å². The van der Waals surface area contributed by atoms with E-state index in [-0.39, 0.29) is 12.3 Å². The molecule has 0 unspecified atom stereocenters. The third kappa shape index (κ3) is 4.59. The molecule has 170 valence electrons. The number of amidine groups is 1. The van der Waals surface area contributed by atoms with Gasteiger partial charge in [-0.05, 0) is 54.5 Å². The van der Waals surface area contributed by atoms with Gasteiger partial charge in [0.1, 0.15) is 0 Å². The van der Waals surface area contributed by atoms with Gasteiger partial charge < -0.3 is 15.0 Å². The molecule has 1 atom stereocenters. The van der Waals surface area contributed by atoms with E-state index in [2.05, 4.69) is 5.32 Å². The minimum atomic E-state index is -0.406. The van der Waals surface area contributed by atoms with Crippen molar-refractivity contribution in [2.24, 2.45) is 4.99 Å². The molecule has 0 fully saturated rings. The highest BCUT2D eigenvalue weighted by atomic mass is 32.2. The smallest absolute Gasteiger partial charge is 0.338 e. The van der Waals surface area contributed by atoms with Crippen molar-refractivity contribution in [3.8, 4) is 0 Å². The van der Waals surface area contributed by atoms with Crippen LogP contribution in [-0.4, -0.2) is 29.1 Å². The second-order valence-corrected chi connectivity index (χ2v) is 8.87. The van der Waals surface area contributed by atoms with Crippen LogP contribution in [0.3, 0.4) is 0 Å². The largest absolute Gasteiger partial charge is 0.466 e. The first-order chi connectivity index (χ1) is 15.9. The van der Waals surface area contributed by atoms with Crippen LogP contribution >= 0.6 is 11.8 Å². The van der Waals surface area contributed by atoms with Gasteiger partial charge in [0.25, 0.3) is 0 Å². The molecule has 2 heterocycles. The summed E-state index contributed by atoms with van der Waals surface area (Å²) in [5.74, 6) is -0.526. The third-order valence-corrected chi connectivity index (χ3v) is 6.77. The zero-order valence-electron chi connectivity index (χ0n) is 19.2. The van der Waals surface area contributed by atoms with Gasteiger partial charge in [-0.2, -0.15) is 0 Å². The van der Waals surface area contributed by atoms with Crippen molar-refractivity contribution < 1.29 is 14.3 Å². The molecule has 0 radical (unpaired) electrons. The average molecular weight is 462 g/mol. The Hall–Kier alpha value is -3.32. The van der Waals surface area contributed by atoms with Gasteiger partial charge in [0, 0.05) is 11.4 Å². The van der Waals surface area contributed by atoms with Crippen molar-refractivity contribution >= 4 is 34.5 Å². The first-order valence-electron chi connectivity index (χ1n) is 10.9. The van der Waals surface area contributed by atoms with E-state index in [0.29, 0.717) is 17.7 Å². The number of ether oxygens (including phenoxy) is 1. The Kier molecular flexibility index (Phi) is 6.70. The second kappa shape index (κ2) is 9.67. The summed E-state index contributed by atoms with van der Waals surface area (Å²) < 4.78 is 5.14. The Morgan fingerprint density at radius 2 is 1.88 bits per heavy atom. The molecule has 33 heavy (non-hydrogen) atoms. The van der Waals surface area contributed by atoms with E-state index < -0.39 is 12.0 Å². The number of methoxy groups -OCH3 is 1. The van der Waals surface area contributed by atoms with E-state index >= 15 is 0 Å². The van der Waals surface area contributed by atoms with Gasteiger partial charge >= 0.3 is 5.97 Å². The quantitative estimate of drug-likeness (QED) is 0.578. The number of nitrogens with zero attached hydrogens (tertiary/aromatic N) is 2. The van der Waals surface area contributed by atoms with Crippen molar-refractivity contribution in [2.45, 2.75) is 39.7 Å². The zero-order valence-corrected chi connectivity index (χ0v) is 20.0. The van der Waals surface area contributed by atoms with Crippen molar-refractivity contribution in [1.82, 2.24) is 4.90 Å². The fourth-order valence-corrected chi connectivity index (χ4v) is 4.99. The van der Waals surface area contributed by atoms with Crippen molar-refractivity contribution in [1.29, 1.82) is 0 Å². The van der Waals surface area contributed by atoms with E-state index in [9.17, 15) is 9.59 Å². The summed E-state index contributed by atoms with van der Waals surface area (Å²) in [6.07, 6.45) is 0.770. The van der Waals surface area contributed by atoms with Crippen LogP contribution in [0.2, 0.25) is 0 Å². The van der Waals surface area contributed by atoms with Crippen LogP contribution in [0.5, 0.6) is 0 Å². The lowest BCUT2D eigenvalue weighted by atomic mass is 9.93. The Morgan fingerprint density at radius 1 is 1.12 bits per heavy atom. The molecule has 0 aromatic heterocycles. The Balaban J connectivity index is 1.65. The van der Waals surface area contributed by atoms with Crippen LogP contribution < -0.4 is 5.32 Å². The summed E-state index contributed by atoms with van der Waals surface area (Å²) in [7, 11) is 1.39. The predicted octanol–water partition coefficient (Wildman–Crippen LogP) is 5.47. The summed E-state index contributed by atoms with van der Waals surface area (Å²) in [6.45, 7) is 6.04. The molecule has 1 N–H and O–H groups in total. The molecule has 2 aromatic rings. The van der Waals surface area contributed by atoms with Gasteiger partial charge in [-0.25, -0.2) is 9.79 Å². The Morgan fingerprint density at radius 3 is 2.55 bits per heavy atom. The van der Waals surface area contributed by atoms with Gasteiger partial charge in [0.15, 0.2) is 5.17 Å². The van der Waals surface area contributed by atoms with E-state index in [4.69, 9.17) is 9.73 Å². The number of esters is 1. The molecule has 0 saturated heterocycles. The number of carbonyl (C=O) groups is 2. The number of nitrogens with one attached hydrogen (secondary N) is 1. The van der Waals surface area contributed by atoms with E-state index in [1.807, 2.05) is 79.6 Å². The van der Waals surface area contributed by atoms with Crippen molar-refractivity contribution in [2.75, 3.05) is 12.4 Å². The fraction of sp³-hybridized carbons (Fsp3) is 0.269. The summed E-state index contributed by atoms with van der Waals surface area (Å²) in [5.41, 5.74) is 6.03. The minimum Gasteiger partial charge on any atom is -0.466 e. The number of aryl methyl sites for hydroxylation is 2. The minimum absolute atomic E-state index is 0.122. The summed E-state index contributed by atoms with van der Waals surface area (Å²) in [6, 6.07) is 15.3. The number of anilines is 1. The maximum atomic E-state index is 12.9. The van der Waals surface area contributed by atoms with Crippen molar-refractivity contribution in [3.63, 3.8) is 0 Å². The molecule has 6 nitrogen and oxygen atoms in total. The SMILES string of the molecule is CCC1=C(C(=O)OC)[C@H](c2ccccc2)N2C(CC(=O)Nc3ccc(C)c(C)c3)=CSC2=N1. The van der Waals surface area contributed by atoms with Crippen LogP contribution in [0.1, 0.15) is 42.5 Å². The number of allylic oxidation sites excluding steroid dienone is 1. The van der Waals surface area contributed by atoms with Gasteiger partial charge in [-0.15, -0.1) is 0 Å². The zero-order chi connectivity index (χ0) is 23.5. The maximum Gasteiger partial charge on any atom is 0.338 e. The topological polar surface area (TPSA) is 71.0 Å². The number of benzene rings is 2. The molecule has 2 aliphatic rings. The number of thioether (sulfide) groups is 1. The summed E-state index contributed by atoms with van der Waals surface area (Å²) in [4.78, 5) is 32.5. The molecule has 4 rings (SSSR count). The van der Waals surface area contributed by atoms with E-state index in [1.54, 1.807) is 0 Å². The lowest BCUT2D eigenvalue weighted by Crippen LogP contribution is -2.37. The highest BCUT2D eigenvalue weighted by Gasteiger charge is 2.41. The number of amides is 1. The number of hydrogen-bond donors (Lipinski definition) is 1. The number of fused-ring (bicyclic) bond motifs is 1. The Bertz CT molecular complexity index is 1180. The van der Waals surface area contributed by atoms with E-state index in [1.165, 1.54) is 24.4 Å². The van der Waals surface area contributed by atoms with Gasteiger partial charge in [0.2, 0.25) is 5.91 Å². The average Bonchev–Trinajstić information content (AvgIpc) is 3.22. The lowest BCUT2D eigenvalue weighted by molar-refractivity contribution is -0.136. The highest BCUT2D eigenvalue weighted by molar-refractivity contribution is 8.16. The number of carbonyl (C=O) groups excluding carboxylic acids is 2. The van der Waals surface area contributed by atoms with Crippen LogP contribution in [0.15, 0.2) is 75.9 Å². The first-order valence-corrected chi connectivity index (χ1v) is 11.8. The normalized spacial score (nSPS) is 17.3. The van der Waals surface area contributed by atoms with Crippen LogP contribution in [0, 0.1) is 13.8 Å². The standard InChI is InChI=1S/C26H27N3O3S/c1-5-21-23(25(31)32-4)24(18-9-7-6-8-10-18)29-20(15-33-26(29)28-21)14-22(30)27-19-12-11-16(2)17(3)13-19/h6-13,15,24H,5,14H2,1-4H3,(H,27,30)/t24-/m0/s1. The van der Waals surface area contributed by atoms with Crippen molar-refractivity contribution in [3.05, 3.63) is 87.6 Å². The molecule has 2 aromatic carbocycles. The van der Waals surface area contributed by atoms with Crippen LogP contribution in [0.25, 0.3) is 0 Å². The van der Waals surface area contributed by atoms with Crippen LogP contribution in [0.4, 0.5) is 5.69 Å². The molecule has 0 bridgehead atoms. The number of hydrogen-bond acceptors (Lipinski definition) is 6. The van der Waals surface area contributed by atoms with E-state index in [0.717, 1.165) is 27.7 Å². The molecular weight excluding hydrogens is 434 g/mol. The lowest BCUT2D eigenvalue weighted by Gasteiger charge is -2.36. The summed E-state index contributed by atoms with van der Waals surface area (Å²) >= 11 is 1.47. The summed E-state index contributed by atoms with van der Waals surface area (Å²) in [5, 5.41) is 5.71. The Labute approximate surface area is 198 Å². The second-order valence-electron chi connectivity index (χ2n) is 8.03. The monoisotopic (exact) mass is 461 g/mol. The molecule has 7 heteroatoms. The highest BCUT2D eigenvalue weighted by Crippen LogP contribution is 2.45. The van der Waals surface area contributed by atoms with Gasteiger partial charge in [-0.1, -0.05) is 55.1 Å². The number of aliphatic imine (C=N–C) groups is 1. The molecule has 0 spiro atoms. The first kappa shape index (κ1) is 22.9. The molecule has 0 saturated carbocycles. The molecule has 1 amide bonds. The maximum absolute atomic E-state index is 12.9. The molecule has 0 aliphatic carbocycles. The predicted molar refractivity (Wildman–Crippen MR) is 133 cm³/mol. The molecule has 2 aliphatic heterocycles. The number of rotatable bonds is 6. The molecular formula is C26H27N3O3S.